The molecule has 0 saturated carbocycles. The number of halogens is 1. The first-order chi connectivity index (χ1) is 8.84. The van der Waals surface area contributed by atoms with E-state index in [1.807, 2.05) is 10.8 Å². The molecular weight excluding hydrogens is 260 g/mol. The maximum absolute atomic E-state index is 10.4. The van der Waals surface area contributed by atoms with E-state index >= 15 is 0 Å². The van der Waals surface area contributed by atoms with Crippen molar-refractivity contribution in [2.45, 2.75) is 38.3 Å². The summed E-state index contributed by atoms with van der Waals surface area (Å²) in [6, 6.07) is 6.32. The molecule has 0 bridgehead atoms. The number of aliphatic hydroxyl groups excluding tert-OH is 1. The predicted molar refractivity (Wildman–Crippen MR) is 77.5 cm³/mol. The van der Waals surface area contributed by atoms with Crippen LogP contribution in [0.5, 0.6) is 0 Å². The molecule has 1 aromatic heterocycles. The Kier molecular flexibility index (Phi) is 4.61. The largest absolute Gasteiger partial charge is 0.387 e. The third-order valence-corrected chi connectivity index (χ3v) is 3.73. The molecule has 1 heterocycles. The summed E-state index contributed by atoms with van der Waals surface area (Å²) in [5, 5.41) is 10.4. The van der Waals surface area contributed by atoms with Crippen LogP contribution >= 0.6 is 12.4 Å². The summed E-state index contributed by atoms with van der Waals surface area (Å²) in [6.45, 7) is 0.580. The molecule has 2 aromatic rings. The summed E-state index contributed by atoms with van der Waals surface area (Å²) < 4.78 is 1.92. The normalized spacial score (nSPS) is 15.4. The van der Waals surface area contributed by atoms with Crippen LogP contribution in [0, 0.1) is 0 Å². The van der Waals surface area contributed by atoms with E-state index in [0.29, 0.717) is 6.54 Å². The SMILES string of the molecule is Cl.OC(Cn1ccnc1)c1cccc2c1CCCC2. The number of aliphatic hydroxyl groups is 1. The summed E-state index contributed by atoms with van der Waals surface area (Å²) in [7, 11) is 0. The molecule has 102 valence electrons. The van der Waals surface area contributed by atoms with Crippen LogP contribution < -0.4 is 0 Å². The van der Waals surface area contributed by atoms with Gasteiger partial charge < -0.3 is 9.67 Å². The van der Waals surface area contributed by atoms with Gasteiger partial charge in [0.15, 0.2) is 0 Å². The number of aromatic nitrogens is 2. The van der Waals surface area contributed by atoms with E-state index in [0.717, 1.165) is 18.4 Å². The topological polar surface area (TPSA) is 38.0 Å². The number of nitrogens with zero attached hydrogens (tertiary/aromatic N) is 2. The number of imidazole rings is 1. The van der Waals surface area contributed by atoms with E-state index in [1.165, 1.54) is 24.0 Å². The van der Waals surface area contributed by atoms with Crippen LogP contribution in [-0.4, -0.2) is 14.7 Å². The van der Waals surface area contributed by atoms with Crippen molar-refractivity contribution in [1.29, 1.82) is 0 Å². The molecule has 1 aromatic carbocycles. The van der Waals surface area contributed by atoms with Gasteiger partial charge in [-0.05, 0) is 42.4 Å². The van der Waals surface area contributed by atoms with Crippen molar-refractivity contribution in [2.24, 2.45) is 0 Å². The van der Waals surface area contributed by atoms with E-state index in [9.17, 15) is 5.11 Å². The zero-order chi connectivity index (χ0) is 12.4. The van der Waals surface area contributed by atoms with Crippen LogP contribution in [0.15, 0.2) is 36.9 Å². The maximum atomic E-state index is 10.4. The monoisotopic (exact) mass is 278 g/mol. The molecule has 0 aliphatic heterocycles. The second-order valence-electron chi connectivity index (χ2n) is 4.97. The average molecular weight is 279 g/mol. The van der Waals surface area contributed by atoms with Gasteiger partial charge in [-0.1, -0.05) is 18.2 Å². The van der Waals surface area contributed by atoms with Crippen LogP contribution in [0.2, 0.25) is 0 Å². The summed E-state index contributed by atoms with van der Waals surface area (Å²) in [4.78, 5) is 4.01. The molecule has 0 fully saturated rings. The molecule has 0 amide bonds. The van der Waals surface area contributed by atoms with Gasteiger partial charge in [0.2, 0.25) is 0 Å². The highest BCUT2D eigenvalue weighted by atomic mass is 35.5. The Morgan fingerprint density at radius 2 is 2.11 bits per heavy atom. The molecule has 4 heteroatoms. The highest BCUT2D eigenvalue weighted by Gasteiger charge is 2.17. The van der Waals surface area contributed by atoms with Crippen molar-refractivity contribution in [3.8, 4) is 0 Å². The van der Waals surface area contributed by atoms with Crippen molar-refractivity contribution in [1.82, 2.24) is 9.55 Å². The van der Waals surface area contributed by atoms with E-state index in [2.05, 4.69) is 23.2 Å². The fourth-order valence-corrected chi connectivity index (χ4v) is 2.82. The van der Waals surface area contributed by atoms with E-state index in [-0.39, 0.29) is 12.4 Å². The lowest BCUT2D eigenvalue weighted by atomic mass is 9.86. The third kappa shape index (κ3) is 2.99. The quantitative estimate of drug-likeness (QED) is 0.937. The van der Waals surface area contributed by atoms with Gasteiger partial charge in [-0.15, -0.1) is 12.4 Å². The minimum atomic E-state index is -0.438. The Morgan fingerprint density at radius 3 is 2.89 bits per heavy atom. The standard InChI is InChI=1S/C15H18N2O.ClH/c18-15(10-17-9-8-16-11-17)14-7-3-5-12-4-1-2-6-13(12)14;/h3,5,7-9,11,15,18H,1-2,4,6,10H2;1H. The van der Waals surface area contributed by atoms with Gasteiger partial charge >= 0.3 is 0 Å². The van der Waals surface area contributed by atoms with Crippen LogP contribution in [-0.2, 0) is 19.4 Å². The zero-order valence-electron chi connectivity index (χ0n) is 10.8. The van der Waals surface area contributed by atoms with Gasteiger partial charge in [-0.2, -0.15) is 0 Å². The summed E-state index contributed by atoms with van der Waals surface area (Å²) in [6.07, 6.45) is 9.71. The Labute approximate surface area is 119 Å². The fourth-order valence-electron chi connectivity index (χ4n) is 2.82. The number of hydrogen-bond donors (Lipinski definition) is 1. The van der Waals surface area contributed by atoms with Crippen molar-refractivity contribution < 1.29 is 5.11 Å². The molecule has 1 aliphatic carbocycles. The van der Waals surface area contributed by atoms with Crippen molar-refractivity contribution in [3.63, 3.8) is 0 Å². The van der Waals surface area contributed by atoms with Gasteiger partial charge in [-0.25, -0.2) is 4.98 Å². The summed E-state index contributed by atoms with van der Waals surface area (Å²) in [5.74, 6) is 0. The third-order valence-electron chi connectivity index (χ3n) is 3.73. The van der Waals surface area contributed by atoms with Gasteiger partial charge in [0.1, 0.15) is 0 Å². The smallest absolute Gasteiger partial charge is 0.0972 e. The number of fused-ring (bicyclic) bond motifs is 1. The minimum Gasteiger partial charge on any atom is -0.387 e. The Hall–Kier alpha value is -1.32. The van der Waals surface area contributed by atoms with Gasteiger partial charge in [0, 0.05) is 12.4 Å². The molecule has 1 aliphatic rings. The Bertz CT molecular complexity index is 525. The van der Waals surface area contributed by atoms with E-state index in [1.54, 1.807) is 12.5 Å². The lowest BCUT2D eigenvalue weighted by Gasteiger charge is -2.22. The van der Waals surface area contributed by atoms with Gasteiger partial charge in [0.05, 0.1) is 19.0 Å². The van der Waals surface area contributed by atoms with Crippen molar-refractivity contribution >= 4 is 12.4 Å². The molecule has 19 heavy (non-hydrogen) atoms. The van der Waals surface area contributed by atoms with E-state index < -0.39 is 6.10 Å². The molecule has 0 spiro atoms. The van der Waals surface area contributed by atoms with Crippen molar-refractivity contribution in [2.75, 3.05) is 0 Å². The molecule has 1 unspecified atom stereocenters. The summed E-state index contributed by atoms with van der Waals surface area (Å²) >= 11 is 0. The first-order valence-electron chi connectivity index (χ1n) is 6.59. The molecular formula is C15H19ClN2O. The fraction of sp³-hybridized carbons (Fsp3) is 0.400. The average Bonchev–Trinajstić information content (AvgIpc) is 2.91. The van der Waals surface area contributed by atoms with Gasteiger partial charge in [-0.3, -0.25) is 0 Å². The maximum Gasteiger partial charge on any atom is 0.0972 e. The van der Waals surface area contributed by atoms with Crippen LogP contribution in [0.4, 0.5) is 0 Å². The second kappa shape index (κ2) is 6.22. The van der Waals surface area contributed by atoms with Gasteiger partial charge in [0.25, 0.3) is 0 Å². The van der Waals surface area contributed by atoms with Crippen LogP contribution in [0.3, 0.4) is 0 Å². The highest BCUT2D eigenvalue weighted by Crippen LogP contribution is 2.28. The highest BCUT2D eigenvalue weighted by molar-refractivity contribution is 5.85. The molecule has 1 atom stereocenters. The van der Waals surface area contributed by atoms with Crippen LogP contribution in [0.25, 0.3) is 0 Å². The molecule has 3 rings (SSSR count). The molecule has 3 nitrogen and oxygen atoms in total. The van der Waals surface area contributed by atoms with Crippen LogP contribution in [0.1, 0.15) is 35.6 Å². The number of hydrogen-bond acceptors (Lipinski definition) is 2. The second-order valence-corrected chi connectivity index (χ2v) is 4.97. The molecule has 0 radical (unpaired) electrons. The first kappa shape index (κ1) is 14.1. The Balaban J connectivity index is 0.00000133. The lowest BCUT2D eigenvalue weighted by molar-refractivity contribution is 0.155. The lowest BCUT2D eigenvalue weighted by Crippen LogP contribution is -2.13. The first-order valence-corrected chi connectivity index (χ1v) is 6.59. The number of aryl methyl sites for hydroxylation is 1. The van der Waals surface area contributed by atoms with Crippen molar-refractivity contribution in [3.05, 3.63) is 53.6 Å². The molecule has 1 N–H and O–H groups in total. The molecule has 0 saturated heterocycles. The Morgan fingerprint density at radius 1 is 1.26 bits per heavy atom. The minimum absolute atomic E-state index is 0. The van der Waals surface area contributed by atoms with E-state index in [4.69, 9.17) is 0 Å². The predicted octanol–water partition coefficient (Wildman–Crippen LogP) is 2.92. The number of benzene rings is 1. The zero-order valence-corrected chi connectivity index (χ0v) is 11.6. The number of rotatable bonds is 3. The summed E-state index contributed by atoms with van der Waals surface area (Å²) in [5.41, 5.74) is 3.89.